The van der Waals surface area contributed by atoms with Crippen molar-refractivity contribution in [3.63, 3.8) is 0 Å². The van der Waals surface area contributed by atoms with E-state index in [0.717, 1.165) is 6.42 Å². The van der Waals surface area contributed by atoms with Gasteiger partial charge in [0.05, 0.1) is 38.4 Å². The molecule has 19 heavy (non-hydrogen) atoms. The summed E-state index contributed by atoms with van der Waals surface area (Å²) in [5.41, 5.74) is 0. The van der Waals surface area contributed by atoms with Crippen LogP contribution in [0.2, 0.25) is 0 Å². The lowest BCUT2D eigenvalue weighted by molar-refractivity contribution is -0.139. The average molecular weight is 268 g/mol. The molecule has 0 radical (unpaired) electrons. The Morgan fingerprint density at radius 2 is 2.26 bits per heavy atom. The van der Waals surface area contributed by atoms with Gasteiger partial charge in [-0.25, -0.2) is 0 Å². The fourth-order valence-corrected chi connectivity index (χ4v) is 2.23. The molecule has 108 valence electrons. The maximum Gasteiger partial charge on any atom is 0.226 e. The Morgan fingerprint density at radius 1 is 1.53 bits per heavy atom. The summed E-state index contributed by atoms with van der Waals surface area (Å²) in [7, 11) is 0. The van der Waals surface area contributed by atoms with E-state index in [1.807, 2.05) is 6.92 Å². The Bertz CT molecular complexity index is 325. The average Bonchev–Trinajstić information content (AvgIpc) is 2.37. The highest BCUT2D eigenvalue weighted by atomic mass is 16.5. The molecular weight excluding hydrogens is 244 g/mol. The maximum atomic E-state index is 12.0. The summed E-state index contributed by atoms with van der Waals surface area (Å²) < 4.78 is 10.8. The van der Waals surface area contributed by atoms with Crippen molar-refractivity contribution < 1.29 is 14.3 Å². The third kappa shape index (κ3) is 5.58. The molecule has 5 nitrogen and oxygen atoms in total. The molecule has 1 rings (SSSR count). The number of carbonyl (C=O) groups excluding carboxylic acids is 1. The normalized spacial score (nSPS) is 21.2. The lowest BCUT2D eigenvalue weighted by Crippen LogP contribution is -2.48. The number of morpholine rings is 1. The minimum absolute atomic E-state index is 0.0217. The molecule has 2 atom stereocenters. The van der Waals surface area contributed by atoms with Gasteiger partial charge in [0.25, 0.3) is 0 Å². The summed E-state index contributed by atoms with van der Waals surface area (Å²) in [5, 5.41) is 8.97. The van der Waals surface area contributed by atoms with Crippen molar-refractivity contribution in [1.29, 1.82) is 5.26 Å². The molecule has 1 heterocycles. The zero-order valence-electron chi connectivity index (χ0n) is 12.1. The minimum atomic E-state index is -0.450. The summed E-state index contributed by atoms with van der Waals surface area (Å²) in [4.78, 5) is 13.6. The number of nitrogens with zero attached hydrogens (tertiary/aromatic N) is 2. The molecule has 1 aliphatic rings. The van der Waals surface area contributed by atoms with Crippen LogP contribution < -0.4 is 0 Å². The molecule has 1 saturated heterocycles. The third-order valence-electron chi connectivity index (χ3n) is 3.12. The highest BCUT2D eigenvalue weighted by Gasteiger charge is 2.26. The van der Waals surface area contributed by atoms with Gasteiger partial charge in [0.15, 0.2) is 0 Å². The van der Waals surface area contributed by atoms with Crippen molar-refractivity contribution >= 4 is 5.91 Å². The van der Waals surface area contributed by atoms with Gasteiger partial charge in [-0.2, -0.15) is 5.26 Å². The van der Waals surface area contributed by atoms with Crippen molar-refractivity contribution in [3.05, 3.63) is 0 Å². The van der Waals surface area contributed by atoms with Crippen molar-refractivity contribution in [2.45, 2.75) is 45.8 Å². The third-order valence-corrected chi connectivity index (χ3v) is 3.12. The molecule has 0 N–H and O–H groups in total. The van der Waals surface area contributed by atoms with Gasteiger partial charge in [-0.1, -0.05) is 13.8 Å². The molecule has 1 aliphatic heterocycles. The second kappa shape index (κ2) is 8.13. The van der Waals surface area contributed by atoms with Crippen LogP contribution >= 0.6 is 0 Å². The van der Waals surface area contributed by atoms with Crippen LogP contribution in [0.15, 0.2) is 0 Å². The molecule has 1 amide bonds. The van der Waals surface area contributed by atoms with Crippen LogP contribution in [0, 0.1) is 17.2 Å². The summed E-state index contributed by atoms with van der Waals surface area (Å²) in [6.45, 7) is 8.06. The molecule has 0 spiro atoms. The second-order valence-corrected chi connectivity index (χ2v) is 5.37. The van der Waals surface area contributed by atoms with Crippen LogP contribution in [0.4, 0.5) is 0 Å². The Kier molecular flexibility index (Phi) is 6.82. The van der Waals surface area contributed by atoms with Crippen LogP contribution in [-0.4, -0.2) is 49.3 Å². The van der Waals surface area contributed by atoms with Gasteiger partial charge in [0.2, 0.25) is 5.91 Å². The number of rotatable bonds is 6. The number of amides is 1. The SMILES string of the molecule is CC(C)C[C@H](C)OCCC(=O)N1CCOC[C@H]1C#N. The van der Waals surface area contributed by atoms with Gasteiger partial charge in [0, 0.05) is 6.54 Å². The Hall–Kier alpha value is -1.12. The van der Waals surface area contributed by atoms with E-state index in [2.05, 4.69) is 19.9 Å². The predicted octanol–water partition coefficient (Wildman–Crippen LogP) is 1.58. The first kappa shape index (κ1) is 15.9. The Labute approximate surface area is 115 Å². The van der Waals surface area contributed by atoms with Crippen molar-refractivity contribution in [3.8, 4) is 6.07 Å². The van der Waals surface area contributed by atoms with Gasteiger partial charge in [-0.3, -0.25) is 4.79 Å². The maximum absolute atomic E-state index is 12.0. The van der Waals surface area contributed by atoms with E-state index >= 15 is 0 Å². The van der Waals surface area contributed by atoms with Gasteiger partial charge in [0.1, 0.15) is 6.04 Å². The number of ether oxygens (including phenoxy) is 2. The fourth-order valence-electron chi connectivity index (χ4n) is 2.23. The molecular formula is C14H24N2O3. The molecule has 0 aromatic rings. The monoisotopic (exact) mass is 268 g/mol. The van der Waals surface area contributed by atoms with E-state index in [9.17, 15) is 4.79 Å². The molecule has 0 aliphatic carbocycles. The molecule has 5 heteroatoms. The summed E-state index contributed by atoms with van der Waals surface area (Å²) in [6.07, 6.45) is 1.50. The minimum Gasteiger partial charge on any atom is -0.378 e. The summed E-state index contributed by atoms with van der Waals surface area (Å²) in [6, 6.07) is 1.65. The highest BCUT2D eigenvalue weighted by molar-refractivity contribution is 5.77. The number of hydrogen-bond donors (Lipinski definition) is 0. The zero-order valence-corrected chi connectivity index (χ0v) is 12.1. The van der Waals surface area contributed by atoms with Crippen LogP contribution in [0.5, 0.6) is 0 Å². The van der Waals surface area contributed by atoms with Crippen LogP contribution in [0.1, 0.15) is 33.6 Å². The van der Waals surface area contributed by atoms with Gasteiger partial charge < -0.3 is 14.4 Å². The molecule has 0 aromatic carbocycles. The molecule has 0 unspecified atom stereocenters. The van der Waals surface area contributed by atoms with Crippen LogP contribution in [0.25, 0.3) is 0 Å². The van der Waals surface area contributed by atoms with Gasteiger partial charge >= 0.3 is 0 Å². The first-order valence-electron chi connectivity index (χ1n) is 6.93. The summed E-state index contributed by atoms with van der Waals surface area (Å²) >= 11 is 0. The van der Waals surface area contributed by atoms with Crippen LogP contribution in [0.3, 0.4) is 0 Å². The largest absolute Gasteiger partial charge is 0.378 e. The Balaban J connectivity index is 2.28. The fraction of sp³-hybridized carbons (Fsp3) is 0.857. The second-order valence-electron chi connectivity index (χ2n) is 5.37. The van der Waals surface area contributed by atoms with Crippen molar-refractivity contribution in [1.82, 2.24) is 4.90 Å². The molecule has 1 fully saturated rings. The van der Waals surface area contributed by atoms with E-state index in [1.165, 1.54) is 0 Å². The predicted molar refractivity (Wildman–Crippen MR) is 71.4 cm³/mol. The Morgan fingerprint density at radius 3 is 2.89 bits per heavy atom. The first-order chi connectivity index (χ1) is 9.04. The van der Waals surface area contributed by atoms with E-state index in [1.54, 1.807) is 4.90 Å². The molecule has 0 aromatic heterocycles. The molecule has 0 saturated carbocycles. The van der Waals surface area contributed by atoms with Gasteiger partial charge in [-0.05, 0) is 19.3 Å². The van der Waals surface area contributed by atoms with E-state index in [-0.39, 0.29) is 12.0 Å². The smallest absolute Gasteiger partial charge is 0.226 e. The lowest BCUT2D eigenvalue weighted by Gasteiger charge is -2.31. The topological polar surface area (TPSA) is 62.6 Å². The molecule has 0 bridgehead atoms. The van der Waals surface area contributed by atoms with Gasteiger partial charge in [-0.15, -0.1) is 0 Å². The number of nitriles is 1. The van der Waals surface area contributed by atoms with Crippen LogP contribution in [-0.2, 0) is 14.3 Å². The summed E-state index contributed by atoms with van der Waals surface area (Å²) in [5.74, 6) is 0.569. The zero-order chi connectivity index (χ0) is 14.3. The standard InChI is InChI=1S/C14H24N2O3/c1-11(2)8-12(3)19-6-4-14(17)16-5-7-18-10-13(16)9-15/h11-13H,4-8,10H2,1-3H3/t12-,13+/m0/s1. The quantitative estimate of drug-likeness (QED) is 0.733. The lowest BCUT2D eigenvalue weighted by atomic mass is 10.1. The van der Waals surface area contributed by atoms with E-state index in [0.29, 0.717) is 38.7 Å². The van der Waals surface area contributed by atoms with E-state index in [4.69, 9.17) is 14.7 Å². The number of carbonyl (C=O) groups is 1. The highest BCUT2D eigenvalue weighted by Crippen LogP contribution is 2.10. The van der Waals surface area contributed by atoms with E-state index < -0.39 is 6.04 Å². The van der Waals surface area contributed by atoms with Crippen molar-refractivity contribution in [2.24, 2.45) is 5.92 Å². The van der Waals surface area contributed by atoms with Crippen molar-refractivity contribution in [2.75, 3.05) is 26.4 Å². The first-order valence-corrected chi connectivity index (χ1v) is 6.93. The number of hydrogen-bond acceptors (Lipinski definition) is 4.